The molecule has 2 unspecified atom stereocenters. The monoisotopic (exact) mass is 549 g/mol. The van der Waals surface area contributed by atoms with Gasteiger partial charge >= 0.3 is 0 Å². The summed E-state index contributed by atoms with van der Waals surface area (Å²) in [5.41, 5.74) is 3.90. The summed E-state index contributed by atoms with van der Waals surface area (Å²) in [5.74, 6) is -0.722. The molecule has 0 saturated carbocycles. The van der Waals surface area contributed by atoms with Crippen LogP contribution >= 0.6 is 0 Å². The second kappa shape index (κ2) is 13.4. The molecule has 0 aromatic heterocycles. The summed E-state index contributed by atoms with van der Waals surface area (Å²) in [4.78, 5) is 29.3. The fraction of sp³-hybridized carbons (Fsp3) is 0.355. The second-order valence-electron chi connectivity index (χ2n) is 10.0. The van der Waals surface area contributed by atoms with Gasteiger partial charge in [-0.1, -0.05) is 79.7 Å². The average molecular weight is 550 g/mol. The number of aryl methyl sites for hydroxylation is 1. The normalized spacial score (nSPS) is 12.8. The van der Waals surface area contributed by atoms with E-state index in [1.54, 1.807) is 12.1 Å². The smallest absolute Gasteiger partial charge is 0.244 e. The molecule has 0 aliphatic rings. The van der Waals surface area contributed by atoms with Gasteiger partial charge < -0.3 is 10.2 Å². The van der Waals surface area contributed by atoms with Crippen molar-refractivity contribution < 1.29 is 18.0 Å². The van der Waals surface area contributed by atoms with Crippen molar-refractivity contribution in [3.63, 3.8) is 0 Å². The van der Waals surface area contributed by atoms with Gasteiger partial charge in [0.1, 0.15) is 12.6 Å². The summed E-state index contributed by atoms with van der Waals surface area (Å²) in [6.45, 7) is 7.39. The first-order chi connectivity index (χ1) is 18.5. The van der Waals surface area contributed by atoms with Crippen LogP contribution < -0.4 is 9.62 Å². The summed E-state index contributed by atoms with van der Waals surface area (Å²) in [7, 11) is -3.80. The summed E-state index contributed by atoms with van der Waals surface area (Å²) in [6.07, 6.45) is 2.13. The van der Waals surface area contributed by atoms with Crippen LogP contribution in [0.5, 0.6) is 0 Å². The number of nitrogens with zero attached hydrogens (tertiary/aromatic N) is 2. The molecule has 0 aliphatic heterocycles. The van der Waals surface area contributed by atoms with Gasteiger partial charge in [0.2, 0.25) is 21.8 Å². The van der Waals surface area contributed by atoms with E-state index in [2.05, 4.69) is 5.32 Å². The number of anilines is 1. The zero-order valence-corrected chi connectivity index (χ0v) is 24.2. The molecular weight excluding hydrogens is 510 g/mol. The fourth-order valence-electron chi connectivity index (χ4n) is 4.38. The summed E-state index contributed by atoms with van der Waals surface area (Å²) >= 11 is 0. The highest BCUT2D eigenvalue weighted by atomic mass is 32.2. The van der Waals surface area contributed by atoms with Gasteiger partial charge in [-0.05, 0) is 55.5 Å². The maximum Gasteiger partial charge on any atom is 0.244 e. The number of rotatable bonds is 12. The molecule has 0 aliphatic carbocycles. The molecule has 0 radical (unpaired) electrons. The third kappa shape index (κ3) is 8.17. The fourth-order valence-corrected chi connectivity index (χ4v) is 5.28. The Balaban J connectivity index is 2.06. The van der Waals surface area contributed by atoms with Crippen LogP contribution in [0, 0.1) is 13.8 Å². The summed E-state index contributed by atoms with van der Waals surface area (Å²) in [5, 5.41) is 3.04. The molecule has 0 bridgehead atoms. The zero-order valence-electron chi connectivity index (χ0n) is 23.4. The number of nitrogens with one attached hydrogen (secondary N) is 1. The van der Waals surface area contributed by atoms with Crippen molar-refractivity contribution in [2.75, 3.05) is 17.1 Å². The maximum absolute atomic E-state index is 14.1. The average Bonchev–Trinajstić information content (AvgIpc) is 2.91. The molecule has 2 atom stereocenters. The molecule has 2 amide bonds. The molecular formula is C31H39N3O4S. The van der Waals surface area contributed by atoms with Gasteiger partial charge in [0.15, 0.2) is 0 Å². The topological polar surface area (TPSA) is 86.8 Å². The lowest BCUT2D eigenvalue weighted by Crippen LogP contribution is -2.54. The molecule has 0 heterocycles. The molecule has 0 spiro atoms. The third-order valence-electron chi connectivity index (χ3n) is 6.99. The number of carbonyl (C=O) groups excluding carboxylic acids is 2. The first-order valence-electron chi connectivity index (χ1n) is 13.2. The second-order valence-corrected chi connectivity index (χ2v) is 11.9. The van der Waals surface area contributed by atoms with E-state index in [1.165, 1.54) is 4.90 Å². The van der Waals surface area contributed by atoms with Crippen molar-refractivity contribution in [2.24, 2.45) is 0 Å². The van der Waals surface area contributed by atoms with Gasteiger partial charge in [0.25, 0.3) is 0 Å². The lowest BCUT2D eigenvalue weighted by molar-refractivity contribution is -0.140. The van der Waals surface area contributed by atoms with Crippen LogP contribution in [0.25, 0.3) is 0 Å². The first-order valence-corrected chi connectivity index (χ1v) is 15.1. The van der Waals surface area contributed by atoms with E-state index in [9.17, 15) is 18.0 Å². The highest BCUT2D eigenvalue weighted by Gasteiger charge is 2.33. The lowest BCUT2D eigenvalue weighted by Gasteiger charge is -2.34. The van der Waals surface area contributed by atoms with Gasteiger partial charge in [0, 0.05) is 19.0 Å². The molecule has 3 aromatic carbocycles. The Kier molecular flexibility index (Phi) is 10.3. The van der Waals surface area contributed by atoms with Crippen molar-refractivity contribution in [3.8, 4) is 0 Å². The Morgan fingerprint density at radius 2 is 1.46 bits per heavy atom. The van der Waals surface area contributed by atoms with E-state index in [-0.39, 0.29) is 18.5 Å². The van der Waals surface area contributed by atoms with Gasteiger partial charge in [0.05, 0.1) is 11.9 Å². The molecule has 208 valence electrons. The quantitative estimate of drug-likeness (QED) is 0.357. The molecule has 3 rings (SSSR count). The molecule has 0 fully saturated rings. The molecule has 0 saturated heterocycles. The largest absolute Gasteiger partial charge is 0.352 e. The van der Waals surface area contributed by atoms with Crippen molar-refractivity contribution in [1.29, 1.82) is 0 Å². The van der Waals surface area contributed by atoms with E-state index in [0.29, 0.717) is 12.1 Å². The van der Waals surface area contributed by atoms with E-state index < -0.39 is 28.5 Å². The third-order valence-corrected chi connectivity index (χ3v) is 8.12. The van der Waals surface area contributed by atoms with Crippen molar-refractivity contribution in [3.05, 3.63) is 101 Å². The Bertz CT molecular complexity index is 1360. The van der Waals surface area contributed by atoms with Crippen LogP contribution in [0.1, 0.15) is 42.5 Å². The molecule has 7 nitrogen and oxygen atoms in total. The number of sulfonamides is 1. The highest BCUT2D eigenvalue weighted by molar-refractivity contribution is 7.92. The summed E-state index contributed by atoms with van der Waals surface area (Å²) < 4.78 is 27.1. The minimum absolute atomic E-state index is 0.0769. The number of benzene rings is 3. The van der Waals surface area contributed by atoms with Crippen LogP contribution in [0.2, 0.25) is 0 Å². The van der Waals surface area contributed by atoms with Gasteiger partial charge in [-0.2, -0.15) is 0 Å². The molecule has 8 heteroatoms. The minimum Gasteiger partial charge on any atom is -0.352 e. The Morgan fingerprint density at radius 1 is 0.872 bits per heavy atom. The van der Waals surface area contributed by atoms with E-state index >= 15 is 0 Å². The number of amides is 2. The Morgan fingerprint density at radius 3 is 2.03 bits per heavy atom. The predicted molar refractivity (Wildman–Crippen MR) is 157 cm³/mol. The Hall–Kier alpha value is -3.65. The van der Waals surface area contributed by atoms with Crippen LogP contribution in [0.15, 0.2) is 78.9 Å². The molecule has 3 aromatic rings. The summed E-state index contributed by atoms with van der Waals surface area (Å²) in [6, 6.07) is 23.4. The van der Waals surface area contributed by atoms with Crippen LogP contribution in [0.3, 0.4) is 0 Å². The highest BCUT2D eigenvalue weighted by Crippen LogP contribution is 2.26. The van der Waals surface area contributed by atoms with Gasteiger partial charge in [-0.25, -0.2) is 8.42 Å². The van der Waals surface area contributed by atoms with Crippen molar-refractivity contribution in [1.82, 2.24) is 10.2 Å². The minimum atomic E-state index is -3.80. The number of hydrogen-bond donors (Lipinski definition) is 1. The van der Waals surface area contributed by atoms with Crippen molar-refractivity contribution in [2.45, 2.75) is 59.2 Å². The van der Waals surface area contributed by atoms with E-state index in [1.807, 2.05) is 94.4 Å². The van der Waals surface area contributed by atoms with Gasteiger partial charge in [-0.3, -0.25) is 13.9 Å². The Labute approximate surface area is 232 Å². The number of carbonyl (C=O) groups is 2. The molecule has 1 N–H and O–H groups in total. The lowest BCUT2D eigenvalue weighted by atomic mass is 10.0. The van der Waals surface area contributed by atoms with Crippen LogP contribution in [0.4, 0.5) is 5.69 Å². The zero-order chi connectivity index (χ0) is 28.6. The SMILES string of the molecule is CCC(C)NC(=O)C(Cc1ccccc1)N(Cc1ccccc1)C(=O)CN(c1cccc(C)c1C)S(C)(=O)=O. The van der Waals surface area contributed by atoms with E-state index in [0.717, 1.165) is 39.2 Å². The maximum atomic E-state index is 14.1. The van der Waals surface area contributed by atoms with Gasteiger partial charge in [-0.15, -0.1) is 0 Å². The number of hydrogen-bond acceptors (Lipinski definition) is 4. The van der Waals surface area contributed by atoms with E-state index in [4.69, 9.17) is 0 Å². The molecule has 39 heavy (non-hydrogen) atoms. The standard InChI is InChI=1S/C31H39N3O4S/c1-6-24(3)32-31(36)29(20-26-15-9-7-10-16-26)33(21-27-17-11-8-12-18-27)30(35)22-34(39(5,37)38)28-19-13-14-23(2)25(28)4/h7-19,24,29H,6,20-22H2,1-5H3,(H,32,36). The van der Waals surface area contributed by atoms with Crippen molar-refractivity contribution >= 4 is 27.5 Å². The van der Waals surface area contributed by atoms with Crippen LogP contribution in [-0.2, 0) is 32.6 Å². The first kappa shape index (κ1) is 29.9. The van der Waals surface area contributed by atoms with Crippen LogP contribution in [-0.4, -0.2) is 50.0 Å². The predicted octanol–water partition coefficient (Wildman–Crippen LogP) is 4.62.